The van der Waals surface area contributed by atoms with E-state index in [2.05, 4.69) is 32.6 Å². The normalized spacial score (nSPS) is 11.9. The van der Waals surface area contributed by atoms with Crippen molar-refractivity contribution in [2.24, 2.45) is 5.92 Å². The summed E-state index contributed by atoms with van der Waals surface area (Å²) in [5, 5.41) is 0. The van der Waals surface area contributed by atoms with Crippen molar-refractivity contribution in [3.63, 3.8) is 0 Å². The van der Waals surface area contributed by atoms with Gasteiger partial charge in [-0.25, -0.2) is 0 Å². The van der Waals surface area contributed by atoms with Crippen LogP contribution in [0.15, 0.2) is 0 Å². The molecule has 0 aromatic carbocycles. The molecule has 0 heterocycles. The lowest BCUT2D eigenvalue weighted by molar-refractivity contribution is 0.473. The molecule has 1 atom stereocenters. The summed E-state index contributed by atoms with van der Waals surface area (Å²) in [6.45, 7) is 9.62. The van der Waals surface area contributed by atoms with E-state index in [1.54, 1.807) is 0 Å². The van der Waals surface area contributed by atoms with E-state index in [1.807, 2.05) is 0 Å². The predicted octanol–water partition coefficient (Wildman–Crippen LogP) is 3.63. The summed E-state index contributed by atoms with van der Waals surface area (Å²) >= 11 is 0. The molecule has 0 N–H and O–H groups in total. The van der Waals surface area contributed by atoms with Crippen molar-refractivity contribution in [3.8, 4) is 11.8 Å². The monoisotopic (exact) mass is 164 g/mol. The van der Waals surface area contributed by atoms with E-state index in [9.17, 15) is 0 Å². The minimum absolute atomic E-state index is 0.817. The fraction of sp³-hybridized carbons (Fsp3) is 0.667. The van der Waals surface area contributed by atoms with Gasteiger partial charge < -0.3 is 0 Å². The molecule has 0 nitrogen and oxygen atoms in total. The zero-order valence-electron chi connectivity index (χ0n) is 8.23. The van der Waals surface area contributed by atoms with Gasteiger partial charge in [0.25, 0.3) is 0 Å². The Kier molecular flexibility index (Phi) is 8.34. The third-order valence-corrected chi connectivity index (χ3v) is 2.08. The molecule has 0 saturated heterocycles. The van der Waals surface area contributed by atoms with Gasteiger partial charge in [0.2, 0.25) is 0 Å². The fourth-order valence-electron chi connectivity index (χ4n) is 1.22. The predicted molar refractivity (Wildman–Crippen MR) is 55.4 cm³/mol. The molecule has 0 fully saturated rings. The molecule has 68 valence electrons. The lowest BCUT2D eigenvalue weighted by Crippen LogP contribution is -1.93. The molecule has 0 heteroatoms. The van der Waals surface area contributed by atoms with Crippen LogP contribution < -0.4 is 0 Å². The number of rotatable bonds is 6. The minimum Gasteiger partial charge on any atom is -0.103 e. The van der Waals surface area contributed by atoms with Gasteiger partial charge in [-0.1, -0.05) is 39.5 Å². The fourth-order valence-corrected chi connectivity index (χ4v) is 1.22. The van der Waals surface area contributed by atoms with Crippen LogP contribution in [0.4, 0.5) is 0 Å². The summed E-state index contributed by atoms with van der Waals surface area (Å²) < 4.78 is 0. The Balaban J connectivity index is 3.19. The quantitative estimate of drug-likeness (QED) is 0.415. The van der Waals surface area contributed by atoms with Crippen molar-refractivity contribution < 1.29 is 0 Å². The van der Waals surface area contributed by atoms with Crippen LogP contribution in [-0.2, 0) is 0 Å². The highest BCUT2D eigenvalue weighted by atomic mass is 14.0. The average molecular weight is 164 g/mol. The first-order chi connectivity index (χ1) is 5.81. The summed E-state index contributed by atoms with van der Waals surface area (Å²) in [6.07, 6.45) is 7.22. The Hall–Kier alpha value is -0.440. The highest BCUT2D eigenvalue weighted by molar-refractivity contribution is 5.01. The Bertz CT molecular complexity index is 136. The van der Waals surface area contributed by atoms with E-state index < -0.39 is 0 Å². The molecule has 0 spiro atoms. The molecule has 2 radical (unpaired) electrons. The van der Waals surface area contributed by atoms with Crippen LogP contribution >= 0.6 is 0 Å². The topological polar surface area (TPSA) is 0 Å². The Morgan fingerprint density at radius 2 is 2.00 bits per heavy atom. The third kappa shape index (κ3) is 7.66. The highest BCUT2D eigenvalue weighted by Crippen LogP contribution is 2.13. The Morgan fingerprint density at radius 1 is 1.25 bits per heavy atom. The van der Waals surface area contributed by atoms with Gasteiger partial charge in [-0.2, -0.15) is 0 Å². The van der Waals surface area contributed by atoms with Crippen molar-refractivity contribution in [2.75, 3.05) is 0 Å². The third-order valence-electron chi connectivity index (χ3n) is 2.08. The Labute approximate surface area is 77.8 Å². The molecular weight excluding hydrogens is 144 g/mol. The first-order valence-electron chi connectivity index (χ1n) is 4.85. The van der Waals surface area contributed by atoms with Gasteiger partial charge in [-0.05, 0) is 12.3 Å². The number of hydrogen-bond acceptors (Lipinski definition) is 0. The van der Waals surface area contributed by atoms with Crippen LogP contribution in [0.1, 0.15) is 45.4 Å². The van der Waals surface area contributed by atoms with E-state index in [-0.39, 0.29) is 0 Å². The van der Waals surface area contributed by atoms with Crippen molar-refractivity contribution in [1.29, 1.82) is 0 Å². The maximum absolute atomic E-state index is 3.83. The van der Waals surface area contributed by atoms with E-state index >= 15 is 0 Å². The standard InChI is InChI=1S/C12H20/c1-4-6-8-10-12(3)11-9-7-5-2/h12H,1-2,4,6,8-11H2,3H3. The summed E-state index contributed by atoms with van der Waals surface area (Å²) in [6, 6.07) is 0. The van der Waals surface area contributed by atoms with Crippen molar-refractivity contribution in [2.45, 2.75) is 45.4 Å². The zero-order valence-corrected chi connectivity index (χ0v) is 8.23. The van der Waals surface area contributed by atoms with Crippen LogP contribution in [0.3, 0.4) is 0 Å². The molecular formula is C12H20. The van der Waals surface area contributed by atoms with Gasteiger partial charge >= 0.3 is 0 Å². The van der Waals surface area contributed by atoms with Crippen molar-refractivity contribution in [1.82, 2.24) is 0 Å². The summed E-state index contributed by atoms with van der Waals surface area (Å²) in [5.41, 5.74) is 0. The number of unbranched alkanes of at least 4 members (excludes halogenated alkanes) is 2. The molecule has 0 saturated carbocycles. The van der Waals surface area contributed by atoms with Crippen molar-refractivity contribution >= 4 is 0 Å². The maximum atomic E-state index is 3.83. The van der Waals surface area contributed by atoms with Gasteiger partial charge in [-0.3, -0.25) is 0 Å². The summed E-state index contributed by atoms with van der Waals surface area (Å²) in [5.74, 6) is 6.49. The summed E-state index contributed by atoms with van der Waals surface area (Å²) in [7, 11) is 0. The van der Waals surface area contributed by atoms with Crippen LogP contribution in [0, 0.1) is 31.6 Å². The molecule has 0 bridgehead atoms. The largest absolute Gasteiger partial charge is 0.103 e. The molecule has 1 unspecified atom stereocenters. The second kappa shape index (κ2) is 8.65. The molecule has 0 aliphatic heterocycles. The molecule has 0 aliphatic carbocycles. The second-order valence-corrected chi connectivity index (χ2v) is 3.35. The van der Waals surface area contributed by atoms with Gasteiger partial charge in [-0.15, -0.1) is 11.8 Å². The van der Waals surface area contributed by atoms with Crippen LogP contribution in [0.2, 0.25) is 0 Å². The van der Waals surface area contributed by atoms with E-state index in [0.29, 0.717) is 0 Å². The first kappa shape index (κ1) is 11.6. The van der Waals surface area contributed by atoms with E-state index in [0.717, 1.165) is 18.8 Å². The molecule has 0 amide bonds. The molecule has 0 aromatic heterocycles. The second-order valence-electron chi connectivity index (χ2n) is 3.35. The molecule has 0 aliphatic rings. The molecule has 0 aromatic rings. The summed E-state index contributed by atoms with van der Waals surface area (Å²) in [4.78, 5) is 0. The van der Waals surface area contributed by atoms with Crippen LogP contribution in [0.25, 0.3) is 0 Å². The number of hydrogen-bond donors (Lipinski definition) is 0. The van der Waals surface area contributed by atoms with Gasteiger partial charge in [0.1, 0.15) is 0 Å². The average Bonchev–Trinajstić information content (AvgIpc) is 2.06. The van der Waals surface area contributed by atoms with E-state index in [1.165, 1.54) is 25.7 Å². The lowest BCUT2D eigenvalue weighted by atomic mass is 9.98. The molecule has 0 rings (SSSR count). The van der Waals surface area contributed by atoms with Gasteiger partial charge in [0.05, 0.1) is 0 Å². The van der Waals surface area contributed by atoms with Crippen molar-refractivity contribution in [3.05, 3.63) is 13.8 Å². The lowest BCUT2D eigenvalue weighted by Gasteiger charge is -2.07. The Morgan fingerprint density at radius 3 is 2.58 bits per heavy atom. The SMILES string of the molecule is [CH2]C#CCCC(C)CCCC[CH2]. The highest BCUT2D eigenvalue weighted by Gasteiger charge is 1.99. The van der Waals surface area contributed by atoms with Crippen LogP contribution in [0.5, 0.6) is 0 Å². The van der Waals surface area contributed by atoms with E-state index in [4.69, 9.17) is 0 Å². The van der Waals surface area contributed by atoms with Gasteiger partial charge in [0, 0.05) is 13.3 Å². The first-order valence-corrected chi connectivity index (χ1v) is 4.85. The minimum atomic E-state index is 0.817. The maximum Gasteiger partial charge on any atom is 0.0198 e. The zero-order chi connectivity index (χ0) is 9.23. The van der Waals surface area contributed by atoms with Crippen LogP contribution in [-0.4, -0.2) is 0 Å². The van der Waals surface area contributed by atoms with Gasteiger partial charge in [0.15, 0.2) is 0 Å². The molecule has 12 heavy (non-hydrogen) atoms. The smallest absolute Gasteiger partial charge is 0.0198 e.